The Morgan fingerprint density at radius 1 is 0.812 bits per heavy atom. The van der Waals surface area contributed by atoms with Crippen LogP contribution >= 0.6 is 0 Å². The van der Waals surface area contributed by atoms with Crippen molar-refractivity contribution in [3.05, 3.63) is 47.0 Å². The van der Waals surface area contributed by atoms with E-state index in [1.54, 1.807) is 0 Å². The summed E-state index contributed by atoms with van der Waals surface area (Å²) in [6.45, 7) is 5.13. The van der Waals surface area contributed by atoms with Crippen LogP contribution in [-0.2, 0) is 9.53 Å². The fraction of sp³-hybridized carbons (Fsp3) is 0.700. The molecule has 0 heterocycles. The third-order valence-electron chi connectivity index (χ3n) is 7.83. The van der Waals surface area contributed by atoms with Gasteiger partial charge in [-0.1, -0.05) is 89.1 Å². The van der Waals surface area contributed by atoms with Gasteiger partial charge in [-0.2, -0.15) is 0 Å². The van der Waals surface area contributed by atoms with Gasteiger partial charge in [-0.15, -0.1) is 0 Å². The third-order valence-corrected chi connectivity index (χ3v) is 7.83. The minimum absolute atomic E-state index is 0.0777. The summed E-state index contributed by atoms with van der Waals surface area (Å²) in [6, 6.07) is 9.48. The zero-order valence-electron chi connectivity index (χ0n) is 20.7. The molecule has 0 bridgehead atoms. The predicted molar refractivity (Wildman–Crippen MR) is 135 cm³/mol. The van der Waals surface area contributed by atoms with Crippen LogP contribution in [0.2, 0.25) is 0 Å². The van der Waals surface area contributed by atoms with Gasteiger partial charge in [0.05, 0.1) is 6.61 Å². The molecule has 1 aromatic rings. The molecule has 1 atom stereocenters. The first-order valence-electron chi connectivity index (χ1n) is 13.7. The van der Waals surface area contributed by atoms with Crippen LogP contribution in [0.4, 0.5) is 0 Å². The summed E-state index contributed by atoms with van der Waals surface area (Å²) in [5.74, 6) is 2.19. The van der Waals surface area contributed by atoms with Crippen LogP contribution in [-0.4, -0.2) is 12.6 Å². The van der Waals surface area contributed by atoms with Gasteiger partial charge < -0.3 is 4.74 Å². The van der Waals surface area contributed by atoms with Gasteiger partial charge in [-0.05, 0) is 80.2 Å². The Morgan fingerprint density at radius 2 is 1.47 bits per heavy atom. The lowest BCUT2D eigenvalue weighted by atomic mass is 9.76. The van der Waals surface area contributed by atoms with Crippen molar-refractivity contribution >= 4 is 5.97 Å². The molecule has 178 valence electrons. The molecule has 0 radical (unpaired) electrons. The number of hydrogen-bond donors (Lipinski definition) is 0. The molecule has 2 heteroatoms. The Kier molecular flexibility index (Phi) is 10.9. The number of carbonyl (C=O) groups excluding carboxylic acids is 1. The number of esters is 1. The van der Waals surface area contributed by atoms with E-state index in [-0.39, 0.29) is 5.97 Å². The molecular formula is C30H46O2. The van der Waals surface area contributed by atoms with Crippen LogP contribution in [0.1, 0.15) is 133 Å². The summed E-state index contributed by atoms with van der Waals surface area (Å²) in [4.78, 5) is 12.4. The van der Waals surface area contributed by atoms with Crippen LogP contribution in [0, 0.1) is 5.92 Å². The molecule has 2 aliphatic rings. The molecule has 2 aliphatic carbocycles. The minimum Gasteiger partial charge on any atom is -0.462 e. The van der Waals surface area contributed by atoms with E-state index in [0.717, 1.165) is 43.1 Å². The normalized spacial score (nSPS) is 23.6. The van der Waals surface area contributed by atoms with Gasteiger partial charge >= 0.3 is 5.97 Å². The zero-order chi connectivity index (χ0) is 22.6. The Labute approximate surface area is 197 Å². The second kappa shape index (κ2) is 13.9. The van der Waals surface area contributed by atoms with E-state index in [1.165, 1.54) is 81.8 Å². The maximum atomic E-state index is 12.4. The standard InChI is InChI=1S/C30H46O2/c1-3-5-6-7-8-9-23-32-30(31)29-21-19-28(20-22-29)27-17-15-26(16-18-27)25-13-11-24(10-4-2)12-14-25/h15-18,21,24-25,28H,3-14,19-20,22-23H2,1-2H3/t24-,25-,28?. The molecule has 0 saturated heterocycles. The molecule has 1 aromatic carbocycles. The monoisotopic (exact) mass is 438 g/mol. The van der Waals surface area contributed by atoms with Gasteiger partial charge in [-0.25, -0.2) is 4.79 Å². The quantitative estimate of drug-likeness (QED) is 0.240. The summed E-state index contributed by atoms with van der Waals surface area (Å²) in [5, 5.41) is 0. The number of allylic oxidation sites excluding steroid dienone is 1. The lowest BCUT2D eigenvalue weighted by Gasteiger charge is -2.29. The second-order valence-electron chi connectivity index (χ2n) is 10.3. The van der Waals surface area contributed by atoms with Gasteiger partial charge in [-0.3, -0.25) is 0 Å². The minimum atomic E-state index is -0.0777. The Morgan fingerprint density at radius 3 is 2.09 bits per heavy atom. The van der Waals surface area contributed by atoms with Crippen molar-refractivity contribution in [3.8, 4) is 0 Å². The van der Waals surface area contributed by atoms with E-state index in [1.807, 2.05) is 0 Å². The first-order chi connectivity index (χ1) is 15.7. The van der Waals surface area contributed by atoms with Crippen LogP contribution in [0.25, 0.3) is 0 Å². The summed E-state index contributed by atoms with van der Waals surface area (Å²) < 4.78 is 5.53. The van der Waals surface area contributed by atoms with Gasteiger partial charge in [0.15, 0.2) is 0 Å². The van der Waals surface area contributed by atoms with E-state index in [4.69, 9.17) is 4.74 Å². The largest absolute Gasteiger partial charge is 0.462 e. The highest BCUT2D eigenvalue weighted by molar-refractivity contribution is 5.88. The predicted octanol–water partition coefficient (Wildman–Crippen LogP) is 8.86. The molecule has 0 aliphatic heterocycles. The fourth-order valence-electron chi connectivity index (χ4n) is 5.70. The second-order valence-corrected chi connectivity index (χ2v) is 10.3. The van der Waals surface area contributed by atoms with Crippen molar-refractivity contribution < 1.29 is 9.53 Å². The molecule has 2 nitrogen and oxygen atoms in total. The van der Waals surface area contributed by atoms with Crippen molar-refractivity contribution in [1.29, 1.82) is 0 Å². The van der Waals surface area contributed by atoms with Crippen LogP contribution in [0.15, 0.2) is 35.9 Å². The molecule has 3 rings (SSSR count). The maximum absolute atomic E-state index is 12.4. The molecule has 1 fully saturated rings. The van der Waals surface area contributed by atoms with Crippen molar-refractivity contribution in [2.24, 2.45) is 5.92 Å². The SMILES string of the molecule is CCCCCCCCOC(=O)C1=CCC(c2ccc([C@H]3CC[C@H](CCC)CC3)cc2)CC1. The molecule has 1 saturated carbocycles. The van der Waals surface area contributed by atoms with Crippen molar-refractivity contribution in [2.75, 3.05) is 6.61 Å². The Bertz CT molecular complexity index is 694. The number of benzene rings is 1. The number of unbranched alkanes of at least 4 members (excludes halogenated alkanes) is 5. The lowest BCUT2D eigenvalue weighted by Crippen LogP contribution is -2.14. The van der Waals surface area contributed by atoms with Gasteiger partial charge in [0.2, 0.25) is 0 Å². The van der Waals surface area contributed by atoms with Crippen LogP contribution in [0.3, 0.4) is 0 Å². The van der Waals surface area contributed by atoms with E-state index in [9.17, 15) is 4.79 Å². The molecule has 0 aromatic heterocycles. The molecule has 1 unspecified atom stereocenters. The van der Waals surface area contributed by atoms with Crippen LogP contribution in [0.5, 0.6) is 0 Å². The first kappa shape index (κ1) is 25.1. The highest BCUT2D eigenvalue weighted by Crippen LogP contribution is 2.39. The molecule has 0 amide bonds. The molecule has 0 spiro atoms. The summed E-state index contributed by atoms with van der Waals surface area (Å²) in [5.41, 5.74) is 3.87. The van der Waals surface area contributed by atoms with Gasteiger partial charge in [0.25, 0.3) is 0 Å². The molecule has 32 heavy (non-hydrogen) atoms. The summed E-state index contributed by atoms with van der Waals surface area (Å²) >= 11 is 0. The smallest absolute Gasteiger partial charge is 0.333 e. The Hall–Kier alpha value is -1.57. The molecule has 0 N–H and O–H groups in total. The highest BCUT2D eigenvalue weighted by Gasteiger charge is 2.23. The van der Waals surface area contributed by atoms with Gasteiger partial charge in [0, 0.05) is 5.57 Å². The molecular weight excluding hydrogens is 392 g/mol. The number of ether oxygens (including phenoxy) is 1. The van der Waals surface area contributed by atoms with E-state index < -0.39 is 0 Å². The highest BCUT2D eigenvalue weighted by atomic mass is 16.5. The number of rotatable bonds is 12. The number of carbonyl (C=O) groups is 1. The van der Waals surface area contributed by atoms with Crippen molar-refractivity contribution in [1.82, 2.24) is 0 Å². The fourth-order valence-corrected chi connectivity index (χ4v) is 5.70. The number of hydrogen-bond acceptors (Lipinski definition) is 2. The third kappa shape index (κ3) is 7.78. The average molecular weight is 439 g/mol. The summed E-state index contributed by atoms with van der Waals surface area (Å²) in [6.07, 6.45) is 20.6. The van der Waals surface area contributed by atoms with Gasteiger partial charge in [0.1, 0.15) is 0 Å². The topological polar surface area (TPSA) is 26.3 Å². The zero-order valence-corrected chi connectivity index (χ0v) is 20.7. The lowest BCUT2D eigenvalue weighted by molar-refractivity contribution is -0.139. The Balaban J connectivity index is 1.39. The van der Waals surface area contributed by atoms with Crippen molar-refractivity contribution in [3.63, 3.8) is 0 Å². The van der Waals surface area contributed by atoms with E-state index in [0.29, 0.717) is 12.5 Å². The summed E-state index contributed by atoms with van der Waals surface area (Å²) in [7, 11) is 0. The van der Waals surface area contributed by atoms with Crippen LogP contribution < -0.4 is 0 Å². The van der Waals surface area contributed by atoms with Crippen molar-refractivity contribution in [2.45, 2.75) is 122 Å². The maximum Gasteiger partial charge on any atom is 0.333 e. The van der Waals surface area contributed by atoms with E-state index >= 15 is 0 Å². The average Bonchev–Trinajstić information content (AvgIpc) is 2.84. The first-order valence-corrected chi connectivity index (χ1v) is 13.7. The van der Waals surface area contributed by atoms with E-state index in [2.05, 4.69) is 44.2 Å².